The Hall–Kier alpha value is -1.38. The molecule has 1 saturated heterocycles. The van der Waals surface area contributed by atoms with Crippen LogP contribution >= 0.6 is 0 Å². The smallest absolute Gasteiger partial charge is 0.399 e. The minimum absolute atomic E-state index is 0.277. The highest BCUT2D eigenvalue weighted by molar-refractivity contribution is 6.62. The summed E-state index contributed by atoms with van der Waals surface area (Å²) in [5.41, 5.74) is 0.658. The van der Waals surface area contributed by atoms with Gasteiger partial charge < -0.3 is 9.31 Å². The van der Waals surface area contributed by atoms with Gasteiger partial charge in [0.1, 0.15) is 5.82 Å². The Morgan fingerprint density at radius 3 is 2.24 bits per heavy atom. The van der Waals surface area contributed by atoms with E-state index in [4.69, 9.17) is 9.31 Å². The van der Waals surface area contributed by atoms with Gasteiger partial charge in [-0.1, -0.05) is 6.07 Å². The monoisotopic (exact) mass is 287 g/mol. The molecule has 0 bridgehead atoms. The SMILES string of the molecule is CC1(C)OB(c2cc(C3CC3)c(F)cc2C#N)OC1(C)C. The van der Waals surface area contributed by atoms with Crippen LogP contribution in [0.15, 0.2) is 12.1 Å². The molecule has 3 rings (SSSR count). The molecule has 0 radical (unpaired) electrons. The minimum Gasteiger partial charge on any atom is -0.399 e. The van der Waals surface area contributed by atoms with E-state index in [1.807, 2.05) is 27.7 Å². The van der Waals surface area contributed by atoms with Gasteiger partial charge in [-0.2, -0.15) is 5.26 Å². The molecule has 0 amide bonds. The van der Waals surface area contributed by atoms with E-state index in [1.165, 1.54) is 6.07 Å². The first-order valence-electron chi connectivity index (χ1n) is 7.34. The van der Waals surface area contributed by atoms with Gasteiger partial charge in [0.25, 0.3) is 0 Å². The molecule has 110 valence electrons. The van der Waals surface area contributed by atoms with Crippen LogP contribution in [0.4, 0.5) is 4.39 Å². The summed E-state index contributed by atoms with van der Waals surface area (Å²) in [5, 5.41) is 9.28. The van der Waals surface area contributed by atoms with E-state index in [0.717, 1.165) is 12.8 Å². The van der Waals surface area contributed by atoms with Crippen LogP contribution in [-0.2, 0) is 9.31 Å². The predicted molar refractivity (Wildman–Crippen MR) is 78.8 cm³/mol. The van der Waals surface area contributed by atoms with Crippen molar-refractivity contribution in [2.75, 3.05) is 0 Å². The maximum atomic E-state index is 14.1. The van der Waals surface area contributed by atoms with Crippen molar-refractivity contribution in [1.29, 1.82) is 5.26 Å². The third-order valence-electron chi connectivity index (χ3n) is 4.81. The third kappa shape index (κ3) is 2.37. The van der Waals surface area contributed by atoms with Crippen LogP contribution in [0.25, 0.3) is 0 Å². The first-order chi connectivity index (χ1) is 9.75. The Morgan fingerprint density at radius 2 is 1.76 bits per heavy atom. The van der Waals surface area contributed by atoms with E-state index in [0.29, 0.717) is 11.0 Å². The molecule has 0 spiro atoms. The number of hydrogen-bond acceptors (Lipinski definition) is 3. The van der Waals surface area contributed by atoms with E-state index in [9.17, 15) is 9.65 Å². The minimum atomic E-state index is -0.622. The molecular formula is C16H19BFNO2. The number of nitriles is 1. The van der Waals surface area contributed by atoms with Gasteiger partial charge in [-0.15, -0.1) is 0 Å². The van der Waals surface area contributed by atoms with Crippen LogP contribution < -0.4 is 5.46 Å². The Labute approximate surface area is 125 Å². The predicted octanol–water partition coefficient (Wildman–Crippen LogP) is 2.87. The number of nitrogens with zero attached hydrogens (tertiary/aromatic N) is 1. The highest BCUT2D eigenvalue weighted by atomic mass is 19.1. The molecule has 1 aliphatic carbocycles. The van der Waals surface area contributed by atoms with Crippen molar-refractivity contribution in [1.82, 2.24) is 0 Å². The highest BCUT2D eigenvalue weighted by Gasteiger charge is 2.52. The quantitative estimate of drug-likeness (QED) is 0.785. The van der Waals surface area contributed by atoms with Crippen molar-refractivity contribution < 1.29 is 13.7 Å². The largest absolute Gasteiger partial charge is 0.496 e. The maximum absolute atomic E-state index is 14.1. The molecule has 1 aromatic rings. The van der Waals surface area contributed by atoms with Crippen molar-refractivity contribution in [3.05, 3.63) is 29.1 Å². The Morgan fingerprint density at radius 1 is 1.19 bits per heavy atom. The van der Waals surface area contributed by atoms with E-state index in [1.54, 1.807) is 6.07 Å². The first-order valence-corrected chi connectivity index (χ1v) is 7.34. The van der Waals surface area contributed by atoms with E-state index in [2.05, 4.69) is 6.07 Å². The lowest BCUT2D eigenvalue weighted by atomic mass is 9.75. The summed E-state index contributed by atoms with van der Waals surface area (Å²) in [4.78, 5) is 0. The standard InChI is InChI=1S/C16H19BFNO2/c1-15(2)16(3,4)21-17(20-15)13-8-12(10-5-6-10)14(18)7-11(13)9-19/h7-8,10H,5-6H2,1-4H3. The lowest BCUT2D eigenvalue weighted by molar-refractivity contribution is 0.00578. The van der Waals surface area contributed by atoms with Crippen LogP contribution in [0.3, 0.4) is 0 Å². The summed E-state index contributed by atoms with van der Waals surface area (Å²) in [5.74, 6) is -0.0202. The average Bonchev–Trinajstić information content (AvgIpc) is 3.17. The molecule has 1 saturated carbocycles. The lowest BCUT2D eigenvalue weighted by Crippen LogP contribution is -2.41. The second-order valence-corrected chi connectivity index (χ2v) is 6.94. The van der Waals surface area contributed by atoms with E-state index >= 15 is 0 Å². The molecule has 1 heterocycles. The molecular weight excluding hydrogens is 268 g/mol. The zero-order valence-electron chi connectivity index (χ0n) is 12.9. The zero-order chi connectivity index (χ0) is 15.4. The Bertz CT molecular complexity index is 616. The summed E-state index contributed by atoms with van der Waals surface area (Å²) in [6.45, 7) is 7.85. The van der Waals surface area contributed by atoms with Crippen molar-refractivity contribution in [3.63, 3.8) is 0 Å². The van der Waals surface area contributed by atoms with E-state index in [-0.39, 0.29) is 17.3 Å². The molecule has 0 unspecified atom stereocenters. The second kappa shape index (κ2) is 4.56. The van der Waals surface area contributed by atoms with Gasteiger partial charge in [-0.25, -0.2) is 4.39 Å². The van der Waals surface area contributed by atoms with Crippen LogP contribution in [0.1, 0.15) is 57.6 Å². The summed E-state index contributed by atoms with van der Waals surface area (Å²) in [7, 11) is -0.622. The van der Waals surface area contributed by atoms with Crippen LogP contribution in [0.2, 0.25) is 0 Å². The topological polar surface area (TPSA) is 42.2 Å². The van der Waals surface area contributed by atoms with Gasteiger partial charge in [0.15, 0.2) is 0 Å². The molecule has 1 aromatic carbocycles. The summed E-state index contributed by atoms with van der Waals surface area (Å²) in [6.07, 6.45) is 2.01. The summed E-state index contributed by atoms with van der Waals surface area (Å²) >= 11 is 0. The van der Waals surface area contributed by atoms with E-state index < -0.39 is 18.3 Å². The van der Waals surface area contributed by atoms with Gasteiger partial charge in [-0.05, 0) is 58.1 Å². The second-order valence-electron chi connectivity index (χ2n) is 6.94. The normalized spacial score (nSPS) is 23.1. The van der Waals surface area contributed by atoms with Gasteiger partial charge in [-0.3, -0.25) is 0 Å². The van der Waals surface area contributed by atoms with Crippen molar-refractivity contribution in [3.8, 4) is 6.07 Å². The van der Waals surface area contributed by atoms with Gasteiger partial charge in [0.2, 0.25) is 0 Å². The third-order valence-corrected chi connectivity index (χ3v) is 4.81. The molecule has 0 aromatic heterocycles. The fourth-order valence-electron chi connectivity index (χ4n) is 2.58. The van der Waals surface area contributed by atoms with Crippen molar-refractivity contribution in [2.24, 2.45) is 0 Å². The molecule has 0 atom stereocenters. The first kappa shape index (κ1) is 14.6. The van der Waals surface area contributed by atoms with Crippen LogP contribution in [0, 0.1) is 17.1 Å². The molecule has 2 fully saturated rings. The number of hydrogen-bond donors (Lipinski definition) is 0. The van der Waals surface area contributed by atoms with Gasteiger partial charge in [0.05, 0.1) is 22.8 Å². The molecule has 5 heteroatoms. The number of rotatable bonds is 2. The Balaban J connectivity index is 2.03. The van der Waals surface area contributed by atoms with Crippen molar-refractivity contribution in [2.45, 2.75) is 57.7 Å². The summed E-state index contributed by atoms with van der Waals surface area (Å²) < 4.78 is 26.0. The number of benzene rings is 1. The molecule has 3 nitrogen and oxygen atoms in total. The fourth-order valence-corrected chi connectivity index (χ4v) is 2.58. The van der Waals surface area contributed by atoms with Crippen molar-refractivity contribution >= 4 is 12.6 Å². The van der Waals surface area contributed by atoms with Gasteiger partial charge in [0, 0.05) is 5.46 Å². The summed E-state index contributed by atoms with van der Waals surface area (Å²) in [6, 6.07) is 5.13. The number of halogens is 1. The van der Waals surface area contributed by atoms with Crippen LogP contribution in [-0.4, -0.2) is 18.3 Å². The lowest BCUT2D eigenvalue weighted by Gasteiger charge is -2.32. The Kier molecular flexibility index (Phi) is 3.16. The highest BCUT2D eigenvalue weighted by Crippen LogP contribution is 2.42. The molecule has 21 heavy (non-hydrogen) atoms. The van der Waals surface area contributed by atoms with Crippen LogP contribution in [0.5, 0.6) is 0 Å². The fraction of sp³-hybridized carbons (Fsp3) is 0.562. The van der Waals surface area contributed by atoms with Gasteiger partial charge >= 0.3 is 7.12 Å². The average molecular weight is 287 g/mol. The zero-order valence-corrected chi connectivity index (χ0v) is 12.9. The molecule has 2 aliphatic rings. The molecule has 0 N–H and O–H groups in total. The molecule has 1 aliphatic heterocycles. The maximum Gasteiger partial charge on any atom is 0.496 e.